The van der Waals surface area contributed by atoms with Crippen LogP contribution in [0.15, 0.2) is 10.1 Å². The molecule has 0 amide bonds. The maximum absolute atomic E-state index is 12.4. The van der Waals surface area contributed by atoms with E-state index in [0.717, 1.165) is 25.7 Å². The Morgan fingerprint density at radius 1 is 1.33 bits per heavy atom. The van der Waals surface area contributed by atoms with Gasteiger partial charge in [0.15, 0.2) is 5.71 Å². The Bertz CT molecular complexity index is 365. The number of nitrogens with two attached hydrogens (primary N) is 1. The van der Waals surface area contributed by atoms with Gasteiger partial charge >= 0.3 is 6.18 Å². The highest BCUT2D eigenvalue weighted by atomic mass is 19.4. The third kappa shape index (κ3) is 3.36. The summed E-state index contributed by atoms with van der Waals surface area (Å²) in [6, 6.07) is -0.0414. The van der Waals surface area contributed by atoms with E-state index in [9.17, 15) is 13.2 Å². The smallest absolute Gasteiger partial charge is 0.392 e. The minimum absolute atomic E-state index is 0.0414. The van der Waals surface area contributed by atoms with Crippen molar-refractivity contribution in [2.75, 3.05) is 0 Å². The fourth-order valence-corrected chi connectivity index (χ4v) is 2.25. The zero-order valence-corrected chi connectivity index (χ0v) is 9.91. The molecule has 0 aromatic carbocycles. The van der Waals surface area contributed by atoms with E-state index >= 15 is 0 Å². The maximum atomic E-state index is 12.4. The van der Waals surface area contributed by atoms with Crippen LogP contribution in [0.3, 0.4) is 0 Å². The number of nitrogens with zero attached hydrogens (tertiary/aromatic N) is 2. The average molecular weight is 263 g/mol. The summed E-state index contributed by atoms with van der Waals surface area (Å²) in [6.07, 6.45) is -1.05. The molecule has 2 rings (SSSR count). The molecule has 7 heteroatoms. The van der Waals surface area contributed by atoms with Crippen molar-refractivity contribution in [2.45, 2.75) is 56.8 Å². The second-order valence-corrected chi connectivity index (χ2v) is 4.72. The van der Waals surface area contributed by atoms with E-state index in [2.05, 4.69) is 10.1 Å². The summed E-state index contributed by atoms with van der Waals surface area (Å²) in [7, 11) is 0. The highest BCUT2D eigenvalue weighted by molar-refractivity contribution is 5.90. The number of aliphatic imine (C=N–C) groups is 1. The van der Waals surface area contributed by atoms with Crippen LogP contribution in [0.5, 0.6) is 0 Å². The fraction of sp³-hybridized carbons (Fsp3) is 0.818. The second kappa shape index (κ2) is 5.16. The third-order valence-corrected chi connectivity index (χ3v) is 3.16. The van der Waals surface area contributed by atoms with Gasteiger partial charge in [-0.2, -0.15) is 13.2 Å². The number of oxime groups is 1. The molecule has 2 N–H and O–H groups in total. The molecular formula is C11H16F3N3O. The zero-order valence-electron chi connectivity index (χ0n) is 9.91. The Kier molecular flexibility index (Phi) is 3.77. The van der Waals surface area contributed by atoms with Gasteiger partial charge in [0.25, 0.3) is 0 Å². The highest BCUT2D eigenvalue weighted by Crippen LogP contribution is 2.29. The van der Waals surface area contributed by atoms with Crippen molar-refractivity contribution in [3.8, 4) is 0 Å². The highest BCUT2D eigenvalue weighted by Gasteiger charge is 2.41. The number of alkyl halides is 3. The lowest BCUT2D eigenvalue weighted by molar-refractivity contribution is -0.0604. The number of hydrogen-bond donors (Lipinski definition) is 1. The van der Waals surface area contributed by atoms with Gasteiger partial charge in [-0.05, 0) is 12.8 Å². The van der Waals surface area contributed by atoms with Gasteiger partial charge in [0.05, 0.1) is 11.9 Å². The number of amidine groups is 1. The molecule has 0 spiro atoms. The molecule has 4 nitrogen and oxygen atoms in total. The van der Waals surface area contributed by atoms with Crippen LogP contribution in [-0.2, 0) is 4.84 Å². The van der Waals surface area contributed by atoms with E-state index in [1.807, 2.05) is 0 Å². The number of rotatable bonds is 2. The van der Waals surface area contributed by atoms with Crippen LogP contribution >= 0.6 is 0 Å². The maximum Gasteiger partial charge on any atom is 0.432 e. The summed E-state index contributed by atoms with van der Waals surface area (Å²) in [4.78, 5) is 9.14. The molecule has 2 heterocycles. The van der Waals surface area contributed by atoms with E-state index in [1.165, 1.54) is 0 Å². The standard InChI is InChI=1S/C11H16F3N3O/c12-11(13,14)9-6-8(18-17-9)5-7-3-1-2-4-10(15)16-7/h7-8H,1-6H2,(H2,15,16). The molecule has 18 heavy (non-hydrogen) atoms. The van der Waals surface area contributed by atoms with Gasteiger partial charge in [-0.25, -0.2) is 0 Å². The molecule has 0 bridgehead atoms. The van der Waals surface area contributed by atoms with Crippen molar-refractivity contribution in [3.63, 3.8) is 0 Å². The number of hydrogen-bond acceptors (Lipinski definition) is 4. The molecule has 0 fully saturated rings. The van der Waals surface area contributed by atoms with Crippen LogP contribution < -0.4 is 5.73 Å². The average Bonchev–Trinajstić information content (AvgIpc) is 2.63. The predicted molar refractivity (Wildman–Crippen MR) is 61.5 cm³/mol. The van der Waals surface area contributed by atoms with Crippen molar-refractivity contribution in [1.82, 2.24) is 0 Å². The SMILES string of the molecule is NC1=NC(CC2CC(C(F)(F)F)=NO2)CCCC1. The van der Waals surface area contributed by atoms with Crippen LogP contribution in [0.25, 0.3) is 0 Å². The lowest BCUT2D eigenvalue weighted by Gasteiger charge is -2.14. The normalized spacial score (nSPS) is 29.3. The van der Waals surface area contributed by atoms with Gasteiger partial charge in [-0.1, -0.05) is 11.6 Å². The molecule has 2 aliphatic rings. The molecule has 2 aliphatic heterocycles. The van der Waals surface area contributed by atoms with Crippen LogP contribution in [0.2, 0.25) is 0 Å². The molecule has 0 aliphatic carbocycles. The summed E-state index contributed by atoms with van der Waals surface area (Å²) in [5, 5.41) is 3.11. The number of halogens is 3. The molecule has 102 valence electrons. The molecule has 2 unspecified atom stereocenters. The van der Waals surface area contributed by atoms with Gasteiger partial charge in [0, 0.05) is 19.3 Å². The first-order valence-corrected chi connectivity index (χ1v) is 6.07. The van der Waals surface area contributed by atoms with Crippen molar-refractivity contribution < 1.29 is 18.0 Å². The zero-order chi connectivity index (χ0) is 13.2. The van der Waals surface area contributed by atoms with E-state index in [-0.39, 0.29) is 12.5 Å². The van der Waals surface area contributed by atoms with Crippen LogP contribution in [-0.4, -0.2) is 29.9 Å². The van der Waals surface area contributed by atoms with Gasteiger partial charge < -0.3 is 10.6 Å². The Hall–Kier alpha value is -1.27. The quantitative estimate of drug-likeness (QED) is 0.831. The topological polar surface area (TPSA) is 60.0 Å². The monoisotopic (exact) mass is 263 g/mol. The lowest BCUT2D eigenvalue weighted by Crippen LogP contribution is -2.24. The van der Waals surface area contributed by atoms with E-state index in [4.69, 9.17) is 10.6 Å². The first kappa shape index (κ1) is 13.2. The Balaban J connectivity index is 1.87. The Morgan fingerprint density at radius 3 is 2.78 bits per heavy atom. The largest absolute Gasteiger partial charge is 0.432 e. The minimum Gasteiger partial charge on any atom is -0.392 e. The summed E-state index contributed by atoms with van der Waals surface area (Å²) in [5.74, 6) is 0.590. The van der Waals surface area contributed by atoms with Gasteiger partial charge in [-0.3, -0.25) is 4.99 Å². The van der Waals surface area contributed by atoms with E-state index in [1.54, 1.807) is 0 Å². The first-order chi connectivity index (χ1) is 8.45. The molecule has 2 atom stereocenters. The Labute approximate surface area is 103 Å². The van der Waals surface area contributed by atoms with Gasteiger partial charge in [0.1, 0.15) is 6.10 Å². The van der Waals surface area contributed by atoms with Gasteiger partial charge in [0.2, 0.25) is 0 Å². The summed E-state index contributed by atoms with van der Waals surface area (Å²) < 4.78 is 37.1. The second-order valence-electron chi connectivity index (χ2n) is 4.72. The van der Waals surface area contributed by atoms with Crippen molar-refractivity contribution >= 4 is 11.5 Å². The minimum atomic E-state index is -4.39. The van der Waals surface area contributed by atoms with Crippen LogP contribution in [0, 0.1) is 0 Å². The van der Waals surface area contributed by atoms with E-state index in [0.29, 0.717) is 12.3 Å². The van der Waals surface area contributed by atoms with Crippen LogP contribution in [0.4, 0.5) is 13.2 Å². The van der Waals surface area contributed by atoms with Gasteiger partial charge in [-0.15, -0.1) is 0 Å². The molecule has 0 aromatic heterocycles. The van der Waals surface area contributed by atoms with Crippen molar-refractivity contribution in [1.29, 1.82) is 0 Å². The molecule has 0 radical (unpaired) electrons. The predicted octanol–water partition coefficient (Wildman–Crippen LogP) is 2.38. The molecular weight excluding hydrogens is 247 g/mol. The molecule has 0 aromatic rings. The fourth-order valence-electron chi connectivity index (χ4n) is 2.25. The molecule has 0 saturated heterocycles. The first-order valence-electron chi connectivity index (χ1n) is 6.07. The lowest BCUT2D eigenvalue weighted by atomic mass is 10.0. The van der Waals surface area contributed by atoms with Crippen molar-refractivity contribution in [2.24, 2.45) is 15.9 Å². The van der Waals surface area contributed by atoms with E-state index < -0.39 is 18.0 Å². The van der Waals surface area contributed by atoms with Crippen LogP contribution in [0.1, 0.15) is 38.5 Å². The Morgan fingerprint density at radius 2 is 2.11 bits per heavy atom. The molecule has 0 saturated carbocycles. The third-order valence-electron chi connectivity index (χ3n) is 3.16. The summed E-state index contributed by atoms with van der Waals surface area (Å²) in [5.41, 5.74) is 4.86. The summed E-state index contributed by atoms with van der Waals surface area (Å²) >= 11 is 0. The van der Waals surface area contributed by atoms with Crippen molar-refractivity contribution in [3.05, 3.63) is 0 Å². The summed E-state index contributed by atoms with van der Waals surface area (Å²) in [6.45, 7) is 0.